The number of aromatic nitrogens is 2. The molecule has 6 rings (SSSR count). The quantitative estimate of drug-likeness (QED) is 0.487. The largest absolute Gasteiger partial charge is 0.342 e. The lowest BCUT2D eigenvalue weighted by molar-refractivity contribution is -0.131. The van der Waals surface area contributed by atoms with E-state index in [2.05, 4.69) is 10.1 Å². The van der Waals surface area contributed by atoms with Gasteiger partial charge in [-0.25, -0.2) is 4.39 Å². The van der Waals surface area contributed by atoms with Gasteiger partial charge in [0.1, 0.15) is 17.2 Å². The molecule has 196 valence electrons. The van der Waals surface area contributed by atoms with Crippen molar-refractivity contribution in [2.75, 3.05) is 19.6 Å². The van der Waals surface area contributed by atoms with Gasteiger partial charge < -0.3 is 4.90 Å². The number of carbonyl (C=O) groups excluding carboxylic acids is 2. The zero-order chi connectivity index (χ0) is 26.6. The van der Waals surface area contributed by atoms with E-state index in [1.807, 2.05) is 54.7 Å². The van der Waals surface area contributed by atoms with Crippen LogP contribution in [0.5, 0.6) is 0 Å². The van der Waals surface area contributed by atoms with Gasteiger partial charge in [0.15, 0.2) is 0 Å². The summed E-state index contributed by atoms with van der Waals surface area (Å²) in [5.41, 5.74) is 3.09. The average molecular weight is 514 g/mol. The maximum atomic E-state index is 15.6. The summed E-state index contributed by atoms with van der Waals surface area (Å²) in [6, 6.07) is 13.0. The van der Waals surface area contributed by atoms with Gasteiger partial charge in [-0.3, -0.25) is 24.2 Å². The van der Waals surface area contributed by atoms with Crippen LogP contribution >= 0.6 is 0 Å². The van der Waals surface area contributed by atoms with Crippen molar-refractivity contribution < 1.29 is 14.0 Å². The standard InChI is InChI=1S/C30H32FN5O2/c1-30(2)29(38)36(17-19-12-13-35(16-19)28(37)22-8-9-22)27(33-30)25-11-10-23(14-26(25)31)20-4-6-21(7-5-20)24-15-32-34(3)18-24/h4-7,10-11,14-15,18-19,22H,8-9,12-13,16-17H2,1-3H3. The number of likely N-dealkylation sites (tertiary alicyclic amines) is 1. The molecule has 1 aliphatic carbocycles. The molecule has 2 fully saturated rings. The first-order valence-corrected chi connectivity index (χ1v) is 13.3. The number of amidine groups is 1. The van der Waals surface area contributed by atoms with Crippen molar-refractivity contribution in [2.24, 2.45) is 23.9 Å². The predicted octanol–water partition coefficient (Wildman–Crippen LogP) is 4.52. The second-order valence-corrected chi connectivity index (χ2v) is 11.3. The number of halogens is 1. The van der Waals surface area contributed by atoms with E-state index in [0.717, 1.165) is 48.1 Å². The molecule has 7 nitrogen and oxygen atoms in total. The van der Waals surface area contributed by atoms with Crippen LogP contribution in [0.25, 0.3) is 22.3 Å². The molecule has 2 aliphatic heterocycles. The van der Waals surface area contributed by atoms with E-state index in [4.69, 9.17) is 0 Å². The average Bonchev–Trinajstić information content (AvgIpc) is 3.42. The minimum atomic E-state index is -0.954. The number of aryl methyl sites for hydroxylation is 1. The van der Waals surface area contributed by atoms with E-state index < -0.39 is 11.4 Å². The molecular formula is C30H32FN5O2. The Morgan fingerprint density at radius 3 is 2.34 bits per heavy atom. The number of hydrogen-bond donors (Lipinski definition) is 0. The monoisotopic (exact) mass is 513 g/mol. The second kappa shape index (κ2) is 9.19. The number of amides is 2. The smallest absolute Gasteiger partial charge is 0.255 e. The highest BCUT2D eigenvalue weighted by atomic mass is 19.1. The summed E-state index contributed by atoms with van der Waals surface area (Å²) in [6.07, 6.45) is 6.58. The Balaban J connectivity index is 1.22. The van der Waals surface area contributed by atoms with Crippen molar-refractivity contribution in [3.63, 3.8) is 0 Å². The highest BCUT2D eigenvalue weighted by Crippen LogP contribution is 2.34. The highest BCUT2D eigenvalue weighted by molar-refractivity contribution is 6.15. The summed E-state index contributed by atoms with van der Waals surface area (Å²) < 4.78 is 17.3. The van der Waals surface area contributed by atoms with Crippen LogP contribution in [0.3, 0.4) is 0 Å². The van der Waals surface area contributed by atoms with Crippen LogP contribution in [-0.2, 0) is 16.6 Å². The molecule has 3 aliphatic rings. The molecule has 2 amide bonds. The minimum absolute atomic E-state index is 0.131. The Morgan fingerprint density at radius 2 is 1.71 bits per heavy atom. The first-order chi connectivity index (χ1) is 18.2. The molecule has 1 aromatic heterocycles. The highest BCUT2D eigenvalue weighted by Gasteiger charge is 2.44. The van der Waals surface area contributed by atoms with Gasteiger partial charge in [0.25, 0.3) is 5.91 Å². The Kier molecular flexibility index (Phi) is 5.93. The maximum absolute atomic E-state index is 15.6. The molecule has 2 aromatic carbocycles. The van der Waals surface area contributed by atoms with Crippen molar-refractivity contribution in [1.29, 1.82) is 0 Å². The summed E-state index contributed by atoms with van der Waals surface area (Å²) in [5.74, 6) is 0.422. The Hall–Kier alpha value is -3.81. The van der Waals surface area contributed by atoms with Crippen molar-refractivity contribution in [3.8, 4) is 22.3 Å². The van der Waals surface area contributed by atoms with Gasteiger partial charge in [-0.05, 0) is 67.9 Å². The summed E-state index contributed by atoms with van der Waals surface area (Å²) in [7, 11) is 1.88. The van der Waals surface area contributed by atoms with Gasteiger partial charge in [-0.15, -0.1) is 0 Å². The first kappa shape index (κ1) is 24.5. The van der Waals surface area contributed by atoms with Gasteiger partial charge in [0, 0.05) is 44.4 Å². The fraction of sp³-hybridized carbons (Fsp3) is 0.400. The number of rotatable bonds is 6. The number of nitrogens with zero attached hydrogens (tertiary/aromatic N) is 5. The van der Waals surface area contributed by atoms with Gasteiger partial charge in [-0.2, -0.15) is 5.10 Å². The Morgan fingerprint density at radius 1 is 1.03 bits per heavy atom. The third-order valence-electron chi connectivity index (χ3n) is 7.84. The van der Waals surface area contributed by atoms with Crippen LogP contribution in [-0.4, -0.2) is 62.4 Å². The lowest BCUT2D eigenvalue weighted by Gasteiger charge is -2.25. The Labute approximate surface area is 222 Å². The molecule has 0 bridgehead atoms. The molecule has 1 saturated carbocycles. The molecule has 0 N–H and O–H groups in total. The second-order valence-electron chi connectivity index (χ2n) is 11.3. The van der Waals surface area contributed by atoms with Crippen LogP contribution in [0.4, 0.5) is 4.39 Å². The number of carbonyl (C=O) groups is 2. The van der Waals surface area contributed by atoms with Crippen molar-refractivity contribution in [2.45, 2.75) is 38.6 Å². The van der Waals surface area contributed by atoms with Gasteiger partial charge in [0.2, 0.25) is 5.91 Å². The minimum Gasteiger partial charge on any atom is -0.342 e. The molecule has 1 atom stereocenters. The fourth-order valence-corrected chi connectivity index (χ4v) is 5.50. The van der Waals surface area contributed by atoms with Crippen LogP contribution in [0.1, 0.15) is 38.7 Å². The molecule has 3 heterocycles. The number of hydrogen-bond acceptors (Lipinski definition) is 4. The maximum Gasteiger partial charge on any atom is 0.255 e. The molecule has 1 unspecified atom stereocenters. The van der Waals surface area contributed by atoms with Crippen LogP contribution < -0.4 is 0 Å². The van der Waals surface area contributed by atoms with Crippen molar-refractivity contribution >= 4 is 17.6 Å². The van der Waals surface area contributed by atoms with E-state index >= 15 is 4.39 Å². The summed E-state index contributed by atoms with van der Waals surface area (Å²) >= 11 is 0. The van der Waals surface area contributed by atoms with Crippen LogP contribution in [0.15, 0.2) is 59.9 Å². The van der Waals surface area contributed by atoms with E-state index in [1.54, 1.807) is 29.5 Å². The molecule has 38 heavy (non-hydrogen) atoms. The fourth-order valence-electron chi connectivity index (χ4n) is 5.50. The van der Waals surface area contributed by atoms with E-state index in [0.29, 0.717) is 24.5 Å². The Bertz CT molecular complexity index is 1440. The zero-order valence-electron chi connectivity index (χ0n) is 22.0. The molecule has 1 saturated heterocycles. The van der Waals surface area contributed by atoms with Crippen LogP contribution in [0.2, 0.25) is 0 Å². The molecule has 8 heteroatoms. The summed E-state index contributed by atoms with van der Waals surface area (Å²) in [5, 5.41) is 4.22. The first-order valence-electron chi connectivity index (χ1n) is 13.3. The third-order valence-corrected chi connectivity index (χ3v) is 7.84. The molecule has 3 aromatic rings. The van der Waals surface area contributed by atoms with Crippen LogP contribution in [0, 0.1) is 17.7 Å². The van der Waals surface area contributed by atoms with Gasteiger partial charge in [0.05, 0.1) is 11.8 Å². The molecular weight excluding hydrogens is 481 g/mol. The molecule has 0 spiro atoms. The van der Waals surface area contributed by atoms with Gasteiger partial charge >= 0.3 is 0 Å². The van der Waals surface area contributed by atoms with E-state index in [-0.39, 0.29) is 23.7 Å². The normalized spacial score (nSPS) is 20.8. The molecule has 0 radical (unpaired) electrons. The lowest BCUT2D eigenvalue weighted by Crippen LogP contribution is -2.43. The topological polar surface area (TPSA) is 70.8 Å². The summed E-state index contributed by atoms with van der Waals surface area (Å²) in [6.45, 7) is 5.34. The van der Waals surface area contributed by atoms with E-state index in [9.17, 15) is 9.59 Å². The van der Waals surface area contributed by atoms with Crippen molar-refractivity contribution in [3.05, 3.63) is 66.2 Å². The predicted molar refractivity (Wildman–Crippen MR) is 144 cm³/mol. The number of benzene rings is 2. The summed E-state index contributed by atoms with van der Waals surface area (Å²) in [4.78, 5) is 34.0. The third kappa shape index (κ3) is 4.52. The van der Waals surface area contributed by atoms with Gasteiger partial charge in [-0.1, -0.05) is 30.3 Å². The lowest BCUT2D eigenvalue weighted by atomic mass is 10.00. The zero-order valence-corrected chi connectivity index (χ0v) is 22.0. The SMILES string of the molecule is Cn1cc(-c2ccc(-c3ccc(C4=NC(C)(C)C(=O)N4CC4CCN(C(=O)C5CC5)C4)c(F)c3)cc2)cn1. The van der Waals surface area contributed by atoms with E-state index in [1.165, 1.54) is 6.07 Å². The number of aliphatic imine (C=N–C) groups is 1. The van der Waals surface area contributed by atoms with Crippen molar-refractivity contribution in [1.82, 2.24) is 19.6 Å².